The monoisotopic (exact) mass is 736 g/mol. The lowest BCUT2D eigenvalue weighted by atomic mass is 9.81. The van der Waals surface area contributed by atoms with Gasteiger partial charge in [-0.1, -0.05) is 211 Å². The largest absolute Gasteiger partial charge is 0.344 e. The van der Waals surface area contributed by atoms with Crippen LogP contribution in [0.4, 0.5) is 11.4 Å². The van der Waals surface area contributed by atoms with E-state index in [2.05, 4.69) is 111 Å². The Kier molecular flexibility index (Phi) is 20.9. The molecular formula is C52H83N2+. The molecule has 4 rings (SSSR count). The Balaban J connectivity index is 1.28. The van der Waals surface area contributed by atoms with Crippen molar-refractivity contribution in [2.24, 2.45) is 0 Å². The summed E-state index contributed by atoms with van der Waals surface area (Å²) in [5.41, 5.74) is 8.71. The highest BCUT2D eigenvalue weighted by atomic mass is 15.2. The fourth-order valence-corrected chi connectivity index (χ4v) is 9.31. The lowest BCUT2D eigenvalue weighted by Crippen LogP contribution is -2.28. The minimum absolute atomic E-state index is 0.000710. The Bertz CT molecular complexity index is 1410. The lowest BCUT2D eigenvalue weighted by molar-refractivity contribution is -0.438. The first-order valence-electron chi connectivity index (χ1n) is 23.5. The summed E-state index contributed by atoms with van der Waals surface area (Å²) >= 11 is 0. The van der Waals surface area contributed by atoms with Gasteiger partial charge in [0.05, 0.1) is 5.41 Å². The van der Waals surface area contributed by atoms with Crippen molar-refractivity contribution in [3.8, 4) is 0 Å². The number of allylic oxidation sites excluding steroid dienone is 4. The van der Waals surface area contributed by atoms with Crippen LogP contribution in [0.15, 0.2) is 72.5 Å². The maximum Gasteiger partial charge on any atom is 0.209 e. The van der Waals surface area contributed by atoms with Gasteiger partial charge in [-0.25, -0.2) is 0 Å². The second kappa shape index (κ2) is 25.5. The zero-order chi connectivity index (χ0) is 38.3. The molecule has 0 bridgehead atoms. The Labute approximate surface area is 335 Å². The third kappa shape index (κ3) is 13.8. The number of hydrogen-bond acceptors (Lipinski definition) is 1. The topological polar surface area (TPSA) is 6.25 Å². The van der Waals surface area contributed by atoms with Gasteiger partial charge in [-0.2, -0.15) is 4.58 Å². The molecule has 300 valence electrons. The molecular weight excluding hydrogens is 653 g/mol. The summed E-state index contributed by atoms with van der Waals surface area (Å²) in [5.74, 6) is 0.425. The van der Waals surface area contributed by atoms with Gasteiger partial charge >= 0.3 is 0 Å². The summed E-state index contributed by atoms with van der Waals surface area (Å²) in [6.45, 7) is 14.1. The molecule has 1 unspecified atom stereocenters. The average molecular weight is 736 g/mol. The van der Waals surface area contributed by atoms with Crippen LogP contribution in [-0.2, 0) is 5.41 Å². The van der Waals surface area contributed by atoms with E-state index in [1.807, 2.05) is 0 Å². The maximum absolute atomic E-state index is 2.65. The van der Waals surface area contributed by atoms with Crippen LogP contribution in [0, 0.1) is 0 Å². The number of nitrogens with zero attached hydrogens (tertiary/aromatic N) is 2. The molecule has 0 aliphatic carbocycles. The highest BCUT2D eigenvalue weighted by Gasteiger charge is 2.43. The SMILES string of the molecule is CCCCCCCCCCCCCCCN1C(=CC=CC2=[N+](CCCCCCCCCCCCCCC)c3ccccc3C2(C)C)C(C)c2ccccc21. The van der Waals surface area contributed by atoms with E-state index in [1.165, 1.54) is 201 Å². The lowest BCUT2D eigenvalue weighted by Gasteiger charge is -2.22. The second-order valence-electron chi connectivity index (χ2n) is 17.5. The minimum atomic E-state index is 0.000710. The summed E-state index contributed by atoms with van der Waals surface area (Å²) in [6, 6.07) is 18.3. The van der Waals surface area contributed by atoms with Crippen LogP contribution in [0.2, 0.25) is 0 Å². The molecule has 0 radical (unpaired) electrons. The molecule has 2 heterocycles. The Hall–Kier alpha value is -2.61. The Morgan fingerprint density at radius 2 is 1.04 bits per heavy atom. The molecule has 0 saturated carbocycles. The summed E-state index contributed by atoms with van der Waals surface area (Å²) in [7, 11) is 0. The van der Waals surface area contributed by atoms with Crippen molar-refractivity contribution in [3.63, 3.8) is 0 Å². The molecule has 0 amide bonds. The van der Waals surface area contributed by atoms with Crippen LogP contribution >= 0.6 is 0 Å². The summed E-state index contributed by atoms with van der Waals surface area (Å²) in [6.07, 6.45) is 43.7. The van der Waals surface area contributed by atoms with Crippen molar-refractivity contribution in [2.45, 2.75) is 213 Å². The van der Waals surface area contributed by atoms with Gasteiger partial charge in [0, 0.05) is 48.0 Å². The van der Waals surface area contributed by atoms with E-state index in [0.29, 0.717) is 5.92 Å². The molecule has 2 nitrogen and oxygen atoms in total. The van der Waals surface area contributed by atoms with Gasteiger partial charge < -0.3 is 4.90 Å². The number of benzene rings is 2. The second-order valence-corrected chi connectivity index (χ2v) is 17.5. The molecule has 0 spiro atoms. The number of anilines is 1. The first-order chi connectivity index (χ1) is 26.5. The molecule has 0 fully saturated rings. The minimum Gasteiger partial charge on any atom is -0.344 e. The molecule has 1 atom stereocenters. The van der Waals surface area contributed by atoms with Gasteiger partial charge in [-0.05, 0) is 44.4 Å². The smallest absolute Gasteiger partial charge is 0.209 e. The molecule has 54 heavy (non-hydrogen) atoms. The van der Waals surface area contributed by atoms with Gasteiger partial charge in [0.1, 0.15) is 6.54 Å². The normalized spacial score (nSPS) is 17.0. The van der Waals surface area contributed by atoms with E-state index in [-0.39, 0.29) is 5.41 Å². The van der Waals surface area contributed by atoms with E-state index < -0.39 is 0 Å². The van der Waals surface area contributed by atoms with Crippen LogP contribution < -0.4 is 4.90 Å². The number of para-hydroxylation sites is 2. The van der Waals surface area contributed by atoms with E-state index in [1.54, 1.807) is 0 Å². The molecule has 2 aliphatic heterocycles. The van der Waals surface area contributed by atoms with Crippen LogP contribution in [-0.4, -0.2) is 23.4 Å². The fourth-order valence-electron chi connectivity index (χ4n) is 9.31. The molecule has 2 heteroatoms. The summed E-state index contributed by atoms with van der Waals surface area (Å²) in [5, 5.41) is 0. The van der Waals surface area contributed by atoms with Crippen LogP contribution in [0.3, 0.4) is 0 Å². The molecule has 0 aromatic heterocycles. The first kappa shape index (κ1) is 44.1. The van der Waals surface area contributed by atoms with Crippen molar-refractivity contribution in [2.75, 3.05) is 18.0 Å². The number of unbranched alkanes of at least 4 members (excludes halogenated alkanes) is 24. The first-order valence-corrected chi connectivity index (χ1v) is 23.5. The predicted molar refractivity (Wildman–Crippen MR) is 240 cm³/mol. The summed E-state index contributed by atoms with van der Waals surface area (Å²) < 4.78 is 2.65. The molecule has 2 aromatic carbocycles. The highest BCUT2D eigenvalue weighted by molar-refractivity contribution is 6.03. The Morgan fingerprint density at radius 1 is 0.574 bits per heavy atom. The van der Waals surface area contributed by atoms with Gasteiger partial charge in [-0.3, -0.25) is 0 Å². The third-order valence-corrected chi connectivity index (χ3v) is 12.7. The van der Waals surface area contributed by atoms with Gasteiger partial charge in [-0.15, -0.1) is 0 Å². The Morgan fingerprint density at radius 3 is 1.59 bits per heavy atom. The third-order valence-electron chi connectivity index (χ3n) is 12.7. The van der Waals surface area contributed by atoms with E-state index in [9.17, 15) is 0 Å². The number of fused-ring (bicyclic) bond motifs is 2. The molecule has 2 aromatic rings. The average Bonchev–Trinajstić information content (AvgIpc) is 3.57. The molecule has 2 aliphatic rings. The van der Waals surface area contributed by atoms with Gasteiger partial charge in [0.15, 0.2) is 5.71 Å². The molecule has 0 N–H and O–H groups in total. The van der Waals surface area contributed by atoms with Crippen LogP contribution in [0.5, 0.6) is 0 Å². The van der Waals surface area contributed by atoms with Crippen LogP contribution in [0.25, 0.3) is 0 Å². The highest BCUT2D eigenvalue weighted by Crippen LogP contribution is 2.44. The van der Waals surface area contributed by atoms with Crippen molar-refractivity contribution < 1.29 is 4.58 Å². The number of hydrogen-bond donors (Lipinski definition) is 0. The van der Waals surface area contributed by atoms with Gasteiger partial charge in [0.2, 0.25) is 5.69 Å². The standard InChI is InChI=1S/C52H83N2/c1-6-8-10-12-14-16-18-20-22-24-26-28-34-43-53-48(45(3)46-37-30-32-39-49(46)53)41-36-42-51-52(4,5)47-38-31-33-40-50(47)54(51)44-35-29-27-25-23-21-19-17-15-13-11-9-7-2/h30-33,36-42,45H,6-29,34-35,43-44H2,1-5H3/q+1. The molecule has 0 saturated heterocycles. The summed E-state index contributed by atoms with van der Waals surface area (Å²) in [4.78, 5) is 2.65. The van der Waals surface area contributed by atoms with Crippen LogP contribution in [0.1, 0.15) is 219 Å². The van der Waals surface area contributed by atoms with Crippen molar-refractivity contribution in [1.29, 1.82) is 0 Å². The van der Waals surface area contributed by atoms with E-state index in [0.717, 1.165) is 13.1 Å². The predicted octanol–water partition coefficient (Wildman–Crippen LogP) is 16.3. The zero-order valence-electron chi connectivity index (χ0n) is 36.1. The quantitative estimate of drug-likeness (QED) is 0.0572. The van der Waals surface area contributed by atoms with E-state index >= 15 is 0 Å². The van der Waals surface area contributed by atoms with Crippen molar-refractivity contribution >= 4 is 17.1 Å². The zero-order valence-corrected chi connectivity index (χ0v) is 36.1. The van der Waals surface area contributed by atoms with E-state index in [4.69, 9.17) is 0 Å². The fraction of sp³-hybridized carbons (Fsp3) is 0.673. The van der Waals surface area contributed by atoms with Crippen molar-refractivity contribution in [3.05, 3.63) is 83.6 Å². The maximum atomic E-state index is 2.65. The van der Waals surface area contributed by atoms with Crippen molar-refractivity contribution in [1.82, 2.24) is 0 Å². The number of rotatable bonds is 30. The van der Waals surface area contributed by atoms with Gasteiger partial charge in [0.25, 0.3) is 0 Å².